The molecule has 0 fully saturated rings. The number of nitrogens with zero attached hydrogens (tertiary/aromatic N) is 5. The fourth-order valence-electron chi connectivity index (χ4n) is 2.41. The van der Waals surface area contributed by atoms with Crippen LogP contribution in [0.4, 0.5) is 0 Å². The van der Waals surface area contributed by atoms with Crippen LogP contribution in [0.25, 0.3) is 0 Å². The van der Waals surface area contributed by atoms with Gasteiger partial charge in [-0.2, -0.15) is 0 Å². The molecule has 0 radical (unpaired) electrons. The Kier molecular flexibility index (Phi) is 8.44. The molecule has 2 heterocycles. The summed E-state index contributed by atoms with van der Waals surface area (Å²) in [6.45, 7) is 7.52. The summed E-state index contributed by atoms with van der Waals surface area (Å²) in [5.41, 5.74) is 1.08. The van der Waals surface area contributed by atoms with Gasteiger partial charge in [0.25, 0.3) is 0 Å². The third-order valence-corrected chi connectivity index (χ3v) is 3.84. The number of nitrogens with one attached hydrogen (secondary N) is 2. The number of guanidine groups is 1. The van der Waals surface area contributed by atoms with Gasteiger partial charge >= 0.3 is 0 Å². The van der Waals surface area contributed by atoms with Crippen LogP contribution in [0.15, 0.2) is 35.7 Å². The van der Waals surface area contributed by atoms with Crippen molar-refractivity contribution in [2.75, 3.05) is 19.6 Å². The summed E-state index contributed by atoms with van der Waals surface area (Å²) >= 11 is 0. The van der Waals surface area contributed by atoms with Crippen molar-refractivity contribution in [3.8, 4) is 0 Å². The van der Waals surface area contributed by atoms with Crippen molar-refractivity contribution in [3.05, 3.63) is 42.2 Å². The van der Waals surface area contributed by atoms with E-state index >= 15 is 0 Å². The molecule has 0 aliphatic rings. The van der Waals surface area contributed by atoms with Crippen LogP contribution in [-0.2, 0) is 19.4 Å². The lowest BCUT2D eigenvalue weighted by atomic mass is 10.3. The monoisotopic (exact) mass is 343 g/mol. The minimum absolute atomic E-state index is 0.784. The molecule has 0 aromatic carbocycles. The Bertz CT molecular complexity index is 621. The second-order valence-corrected chi connectivity index (χ2v) is 5.80. The van der Waals surface area contributed by atoms with Gasteiger partial charge in [-0.15, -0.1) is 10.2 Å². The normalized spacial score (nSPS) is 11.5. The average Bonchev–Trinajstić information content (AvgIpc) is 3.10. The van der Waals surface area contributed by atoms with E-state index in [1.165, 1.54) is 0 Å². The number of aryl methyl sites for hydroxylation is 1. The van der Waals surface area contributed by atoms with Crippen molar-refractivity contribution < 1.29 is 0 Å². The summed E-state index contributed by atoms with van der Waals surface area (Å²) in [6, 6.07) is 5.99. The Morgan fingerprint density at radius 3 is 2.84 bits per heavy atom. The number of hydrogen-bond donors (Lipinski definition) is 2. The molecule has 0 saturated heterocycles. The van der Waals surface area contributed by atoms with E-state index in [9.17, 15) is 0 Å². The fraction of sp³-hybridized carbons (Fsp3) is 0.556. The number of aliphatic imine (C=N–C) groups is 1. The Labute approximate surface area is 150 Å². The Balaban J connectivity index is 1.79. The fourth-order valence-corrected chi connectivity index (χ4v) is 2.41. The Morgan fingerprint density at radius 2 is 2.08 bits per heavy atom. The van der Waals surface area contributed by atoms with Crippen LogP contribution in [0.1, 0.15) is 38.2 Å². The highest BCUT2D eigenvalue weighted by molar-refractivity contribution is 5.79. The van der Waals surface area contributed by atoms with Gasteiger partial charge in [-0.05, 0) is 18.6 Å². The van der Waals surface area contributed by atoms with Gasteiger partial charge in [0.1, 0.15) is 12.2 Å². The quantitative estimate of drug-likeness (QED) is 0.391. The largest absolute Gasteiger partial charge is 0.356 e. The van der Waals surface area contributed by atoms with Gasteiger partial charge in [0, 0.05) is 50.9 Å². The van der Waals surface area contributed by atoms with Gasteiger partial charge in [-0.3, -0.25) is 9.98 Å². The third-order valence-electron chi connectivity index (χ3n) is 3.84. The van der Waals surface area contributed by atoms with Crippen LogP contribution in [-0.4, -0.2) is 45.3 Å². The lowest BCUT2D eigenvalue weighted by Gasteiger charge is -2.13. The zero-order valence-corrected chi connectivity index (χ0v) is 15.3. The highest BCUT2D eigenvalue weighted by atomic mass is 15.3. The molecule has 0 spiro atoms. The summed E-state index contributed by atoms with van der Waals surface area (Å²) in [5, 5.41) is 14.9. The first-order valence-corrected chi connectivity index (χ1v) is 9.12. The molecular formula is C18H29N7. The van der Waals surface area contributed by atoms with Crippen molar-refractivity contribution in [3.63, 3.8) is 0 Å². The molecule has 7 nitrogen and oxygen atoms in total. The second kappa shape index (κ2) is 11.2. The molecule has 2 N–H and O–H groups in total. The predicted octanol–water partition coefficient (Wildman–Crippen LogP) is 1.81. The molecule has 25 heavy (non-hydrogen) atoms. The number of pyridine rings is 1. The lowest BCUT2D eigenvalue weighted by Crippen LogP contribution is -2.40. The first kappa shape index (κ1) is 18.9. The maximum Gasteiger partial charge on any atom is 0.191 e. The molecule has 136 valence electrons. The molecule has 0 aliphatic carbocycles. The molecule has 0 bridgehead atoms. The summed E-state index contributed by atoms with van der Waals surface area (Å²) in [6.07, 6.45) is 7.61. The molecule has 0 unspecified atom stereocenters. The summed E-state index contributed by atoms with van der Waals surface area (Å²) in [7, 11) is 0. The maximum absolute atomic E-state index is 4.64. The van der Waals surface area contributed by atoms with Gasteiger partial charge in [0.15, 0.2) is 5.96 Å². The van der Waals surface area contributed by atoms with Gasteiger partial charge in [0.2, 0.25) is 0 Å². The van der Waals surface area contributed by atoms with E-state index in [-0.39, 0.29) is 0 Å². The van der Waals surface area contributed by atoms with Crippen LogP contribution in [0.5, 0.6) is 0 Å². The first-order chi connectivity index (χ1) is 12.3. The van der Waals surface area contributed by atoms with E-state index in [0.29, 0.717) is 0 Å². The van der Waals surface area contributed by atoms with Crippen molar-refractivity contribution in [2.24, 2.45) is 4.99 Å². The number of hydrogen-bond acceptors (Lipinski definition) is 4. The van der Waals surface area contributed by atoms with E-state index in [0.717, 1.165) is 69.3 Å². The molecule has 0 saturated carbocycles. The van der Waals surface area contributed by atoms with Crippen LogP contribution in [0.3, 0.4) is 0 Å². The molecule has 2 aromatic rings. The average molecular weight is 343 g/mol. The molecule has 2 rings (SSSR count). The smallest absolute Gasteiger partial charge is 0.191 e. The van der Waals surface area contributed by atoms with Crippen molar-refractivity contribution in [1.82, 2.24) is 30.4 Å². The van der Waals surface area contributed by atoms with Crippen molar-refractivity contribution in [1.29, 1.82) is 0 Å². The predicted molar refractivity (Wildman–Crippen MR) is 101 cm³/mol. The van der Waals surface area contributed by atoms with Crippen LogP contribution < -0.4 is 10.6 Å². The Hall–Kier alpha value is -2.44. The lowest BCUT2D eigenvalue weighted by molar-refractivity contribution is 0.630. The number of aromatic nitrogens is 4. The zero-order valence-electron chi connectivity index (χ0n) is 15.3. The second-order valence-electron chi connectivity index (χ2n) is 5.80. The topological polar surface area (TPSA) is 80.0 Å². The minimum atomic E-state index is 0.784. The summed E-state index contributed by atoms with van der Waals surface area (Å²) in [4.78, 5) is 8.99. The molecule has 0 aliphatic heterocycles. The maximum atomic E-state index is 4.64. The standard InChI is InChI=1S/C18H29N7/c1-3-5-10-20-18(21-12-9-16-8-6-7-11-19-16)22-13-14-25-15-23-24-17(25)4-2/h6-8,11,15H,3-5,9-10,12-14H2,1-2H3,(H2,20,21,22). The van der Waals surface area contributed by atoms with Crippen LogP contribution in [0, 0.1) is 0 Å². The van der Waals surface area contributed by atoms with E-state index in [4.69, 9.17) is 0 Å². The van der Waals surface area contributed by atoms with E-state index in [1.54, 1.807) is 6.33 Å². The molecular weight excluding hydrogens is 314 g/mol. The van der Waals surface area contributed by atoms with Gasteiger partial charge < -0.3 is 15.2 Å². The van der Waals surface area contributed by atoms with Gasteiger partial charge in [-0.25, -0.2) is 0 Å². The third kappa shape index (κ3) is 6.91. The molecule has 0 atom stereocenters. The van der Waals surface area contributed by atoms with E-state index in [1.807, 2.05) is 24.4 Å². The van der Waals surface area contributed by atoms with Crippen molar-refractivity contribution >= 4 is 5.96 Å². The molecule has 0 amide bonds. The van der Waals surface area contributed by atoms with Gasteiger partial charge in [0.05, 0.1) is 0 Å². The number of rotatable bonds is 10. The highest BCUT2D eigenvalue weighted by Crippen LogP contribution is 1.95. The molecule has 7 heteroatoms. The molecule has 2 aromatic heterocycles. The van der Waals surface area contributed by atoms with Gasteiger partial charge in [-0.1, -0.05) is 26.3 Å². The van der Waals surface area contributed by atoms with E-state index < -0.39 is 0 Å². The summed E-state index contributed by atoms with van der Waals surface area (Å²) < 4.78 is 2.07. The Morgan fingerprint density at radius 1 is 1.20 bits per heavy atom. The van der Waals surface area contributed by atoms with Crippen LogP contribution >= 0.6 is 0 Å². The zero-order chi connectivity index (χ0) is 17.7. The SMILES string of the molecule is CCCCN=C(NCCc1ccccn1)NCCn1cnnc1CC. The van der Waals surface area contributed by atoms with Crippen molar-refractivity contribution in [2.45, 2.75) is 46.1 Å². The van der Waals surface area contributed by atoms with Crippen LogP contribution in [0.2, 0.25) is 0 Å². The summed E-state index contributed by atoms with van der Waals surface area (Å²) in [5.74, 6) is 1.87. The minimum Gasteiger partial charge on any atom is -0.356 e. The number of unbranched alkanes of at least 4 members (excludes halogenated alkanes) is 1. The first-order valence-electron chi connectivity index (χ1n) is 9.12. The highest BCUT2D eigenvalue weighted by Gasteiger charge is 2.03. The van der Waals surface area contributed by atoms with E-state index in [2.05, 4.69) is 49.2 Å².